The van der Waals surface area contributed by atoms with Crippen molar-refractivity contribution in [2.45, 2.75) is 76.3 Å². The molecule has 0 spiro atoms. The highest BCUT2D eigenvalue weighted by Gasteiger charge is 2.37. The maximum Gasteiger partial charge on any atom is 0.237 e. The number of amides is 3. The van der Waals surface area contributed by atoms with Crippen molar-refractivity contribution in [1.82, 2.24) is 4.90 Å². The van der Waals surface area contributed by atoms with Crippen LogP contribution in [0, 0.1) is 0 Å². The fourth-order valence-corrected chi connectivity index (χ4v) is 5.51. The first-order valence-electron chi connectivity index (χ1n) is 11.8. The number of para-hydroxylation sites is 2. The summed E-state index contributed by atoms with van der Waals surface area (Å²) in [6.07, 6.45) is 10.9. The molecule has 7 nitrogen and oxygen atoms in total. The Morgan fingerprint density at radius 3 is 2.10 bits per heavy atom. The summed E-state index contributed by atoms with van der Waals surface area (Å²) in [7, 11) is 0. The van der Waals surface area contributed by atoms with Crippen LogP contribution < -0.4 is 15.5 Å². The third-order valence-electron chi connectivity index (χ3n) is 7.07. The first kappa shape index (κ1) is 21.8. The smallest absolute Gasteiger partial charge is 0.237 e. The molecule has 0 radical (unpaired) electrons. The van der Waals surface area contributed by atoms with Gasteiger partial charge in [0.1, 0.15) is 13.0 Å². The minimum atomic E-state index is -0.587. The van der Waals surface area contributed by atoms with E-state index in [4.69, 9.17) is 5.73 Å². The molecule has 2 N–H and O–H groups in total. The summed E-state index contributed by atoms with van der Waals surface area (Å²) in [6, 6.07) is 8.11. The van der Waals surface area contributed by atoms with Crippen molar-refractivity contribution in [1.29, 1.82) is 0 Å². The second kappa shape index (κ2) is 9.81. The van der Waals surface area contributed by atoms with Crippen molar-refractivity contribution >= 4 is 29.1 Å². The third-order valence-corrected chi connectivity index (χ3v) is 7.07. The Bertz CT molecular complexity index is 811. The summed E-state index contributed by atoms with van der Waals surface area (Å²) in [5.74, 6) is -1.14. The number of hydrogen-bond acceptors (Lipinski definition) is 4. The molecule has 1 aromatic rings. The van der Waals surface area contributed by atoms with Crippen molar-refractivity contribution in [3.8, 4) is 0 Å². The SMILES string of the molecule is NC(=O)CN1C(=O)CC(=O)N(C2CCN(C3CCCCCCC3)CC2)c2ccccc21. The minimum Gasteiger partial charge on any atom is -0.368 e. The van der Waals surface area contributed by atoms with Gasteiger partial charge in [-0.2, -0.15) is 0 Å². The monoisotopic (exact) mass is 426 g/mol. The number of carbonyl (C=O) groups is 3. The van der Waals surface area contributed by atoms with Gasteiger partial charge in [-0.1, -0.05) is 44.2 Å². The summed E-state index contributed by atoms with van der Waals surface area (Å²) in [5.41, 5.74) is 6.68. The summed E-state index contributed by atoms with van der Waals surface area (Å²) < 4.78 is 0. The highest BCUT2D eigenvalue weighted by molar-refractivity contribution is 6.16. The Kier molecular flexibility index (Phi) is 6.90. The fourth-order valence-electron chi connectivity index (χ4n) is 5.51. The lowest BCUT2D eigenvalue weighted by molar-refractivity contribution is -0.127. The average Bonchev–Trinajstić information content (AvgIpc) is 2.82. The van der Waals surface area contributed by atoms with E-state index in [2.05, 4.69) is 4.90 Å². The zero-order chi connectivity index (χ0) is 21.8. The van der Waals surface area contributed by atoms with Crippen molar-refractivity contribution in [3.05, 3.63) is 24.3 Å². The van der Waals surface area contributed by atoms with Gasteiger partial charge in [0.05, 0.1) is 11.4 Å². The number of rotatable bonds is 4. The quantitative estimate of drug-likeness (QED) is 0.750. The first-order valence-corrected chi connectivity index (χ1v) is 11.8. The maximum atomic E-state index is 13.1. The van der Waals surface area contributed by atoms with Crippen LogP contribution >= 0.6 is 0 Å². The molecule has 2 aliphatic heterocycles. The van der Waals surface area contributed by atoms with Crippen LogP contribution in [0.2, 0.25) is 0 Å². The van der Waals surface area contributed by atoms with Gasteiger partial charge in [0.15, 0.2) is 0 Å². The van der Waals surface area contributed by atoms with E-state index in [9.17, 15) is 14.4 Å². The van der Waals surface area contributed by atoms with Gasteiger partial charge in [-0.25, -0.2) is 0 Å². The molecule has 1 aliphatic carbocycles. The molecule has 1 saturated carbocycles. The van der Waals surface area contributed by atoms with Gasteiger partial charge in [0, 0.05) is 25.2 Å². The molecule has 2 heterocycles. The molecule has 0 atom stereocenters. The summed E-state index contributed by atoms with van der Waals surface area (Å²) in [4.78, 5) is 43.2. The molecule has 0 aromatic heterocycles. The van der Waals surface area contributed by atoms with E-state index in [1.165, 1.54) is 49.8 Å². The number of piperidine rings is 1. The van der Waals surface area contributed by atoms with Crippen LogP contribution in [0.5, 0.6) is 0 Å². The number of nitrogens with zero attached hydrogens (tertiary/aromatic N) is 3. The van der Waals surface area contributed by atoms with Crippen LogP contribution in [0.3, 0.4) is 0 Å². The van der Waals surface area contributed by atoms with Gasteiger partial charge >= 0.3 is 0 Å². The van der Waals surface area contributed by atoms with E-state index in [0.29, 0.717) is 17.4 Å². The van der Waals surface area contributed by atoms with Crippen molar-refractivity contribution in [2.24, 2.45) is 5.73 Å². The lowest BCUT2D eigenvalue weighted by Gasteiger charge is -2.42. The molecule has 0 bridgehead atoms. The summed E-state index contributed by atoms with van der Waals surface area (Å²) in [5, 5.41) is 0. The molecule has 3 aliphatic rings. The van der Waals surface area contributed by atoms with E-state index < -0.39 is 5.91 Å². The minimum absolute atomic E-state index is 0.0692. The van der Waals surface area contributed by atoms with Gasteiger partial charge in [0.2, 0.25) is 17.7 Å². The second-order valence-corrected chi connectivity index (χ2v) is 9.14. The zero-order valence-corrected chi connectivity index (χ0v) is 18.3. The molecule has 0 unspecified atom stereocenters. The number of carbonyl (C=O) groups excluding carboxylic acids is 3. The largest absolute Gasteiger partial charge is 0.368 e. The number of anilines is 2. The summed E-state index contributed by atoms with van der Waals surface area (Å²) in [6.45, 7) is 1.76. The first-order chi connectivity index (χ1) is 15.0. The van der Waals surface area contributed by atoms with E-state index in [1.54, 1.807) is 6.07 Å². The normalized spacial score (nSPS) is 22.6. The Hall–Kier alpha value is -2.41. The van der Waals surface area contributed by atoms with Gasteiger partial charge < -0.3 is 20.4 Å². The molecule has 1 saturated heterocycles. The predicted octanol–water partition coefficient (Wildman–Crippen LogP) is 2.82. The third kappa shape index (κ3) is 4.92. The van der Waals surface area contributed by atoms with Crippen LogP contribution in [0.15, 0.2) is 24.3 Å². The number of likely N-dealkylation sites (tertiary alicyclic amines) is 1. The molecular formula is C24H34N4O3. The molecule has 1 aromatic carbocycles. The summed E-state index contributed by atoms with van der Waals surface area (Å²) >= 11 is 0. The van der Waals surface area contributed by atoms with E-state index in [0.717, 1.165) is 25.9 Å². The number of nitrogens with two attached hydrogens (primary N) is 1. The van der Waals surface area contributed by atoms with Crippen molar-refractivity contribution in [3.63, 3.8) is 0 Å². The van der Waals surface area contributed by atoms with Crippen LogP contribution in [-0.4, -0.2) is 54.3 Å². The molecule has 2 fully saturated rings. The van der Waals surface area contributed by atoms with Gasteiger partial charge in [-0.15, -0.1) is 0 Å². The molecule has 31 heavy (non-hydrogen) atoms. The van der Waals surface area contributed by atoms with Crippen molar-refractivity contribution in [2.75, 3.05) is 29.4 Å². The lowest BCUT2D eigenvalue weighted by atomic mass is 9.93. The van der Waals surface area contributed by atoms with Crippen molar-refractivity contribution < 1.29 is 14.4 Å². The Balaban J connectivity index is 1.51. The highest BCUT2D eigenvalue weighted by atomic mass is 16.2. The Labute approximate surface area is 184 Å². The molecule has 4 rings (SSSR count). The fraction of sp³-hybridized carbons (Fsp3) is 0.625. The Morgan fingerprint density at radius 2 is 1.45 bits per heavy atom. The van der Waals surface area contributed by atoms with Gasteiger partial charge in [0.25, 0.3) is 0 Å². The maximum absolute atomic E-state index is 13.1. The van der Waals surface area contributed by atoms with E-state index in [-0.39, 0.29) is 30.8 Å². The highest BCUT2D eigenvalue weighted by Crippen LogP contribution is 2.37. The Morgan fingerprint density at radius 1 is 0.839 bits per heavy atom. The van der Waals surface area contributed by atoms with E-state index >= 15 is 0 Å². The van der Waals surface area contributed by atoms with Gasteiger partial charge in [-0.3, -0.25) is 14.4 Å². The zero-order valence-electron chi connectivity index (χ0n) is 18.3. The van der Waals surface area contributed by atoms with Crippen LogP contribution in [0.4, 0.5) is 11.4 Å². The number of primary amides is 1. The lowest BCUT2D eigenvalue weighted by Crippen LogP contribution is -2.50. The predicted molar refractivity (Wildman–Crippen MR) is 121 cm³/mol. The number of benzene rings is 1. The molecule has 7 heteroatoms. The average molecular weight is 427 g/mol. The van der Waals surface area contributed by atoms with Gasteiger partial charge in [-0.05, 0) is 37.8 Å². The van der Waals surface area contributed by atoms with Crippen LogP contribution in [0.1, 0.15) is 64.2 Å². The van der Waals surface area contributed by atoms with Crippen LogP contribution in [0.25, 0.3) is 0 Å². The number of hydrogen-bond donors (Lipinski definition) is 1. The topological polar surface area (TPSA) is 86.9 Å². The standard InChI is InChI=1S/C24H34N4O3/c25-22(29)17-27-20-10-6-7-11-21(20)28(24(31)16-23(27)30)19-12-14-26(15-13-19)18-8-4-2-1-3-5-9-18/h6-7,10-11,18-19H,1-5,8-9,12-17H2,(H2,25,29). The second-order valence-electron chi connectivity index (χ2n) is 9.14. The molecule has 3 amide bonds. The molecule has 168 valence electrons. The molecular weight excluding hydrogens is 392 g/mol. The number of fused-ring (bicyclic) bond motifs is 1. The van der Waals surface area contributed by atoms with E-state index in [1.807, 2.05) is 23.1 Å². The van der Waals surface area contributed by atoms with Crippen LogP contribution in [-0.2, 0) is 14.4 Å².